The molecule has 1 aliphatic rings. The largest absolute Gasteiger partial charge is 0.502 e. The number of nitrogens with one attached hydrogen (secondary N) is 1. The summed E-state index contributed by atoms with van der Waals surface area (Å²) >= 11 is 11.6. The topological polar surface area (TPSA) is 91.6 Å². The molecule has 0 saturated carbocycles. The molecule has 0 bridgehead atoms. The van der Waals surface area contributed by atoms with Crippen LogP contribution in [0.1, 0.15) is 33.2 Å². The van der Waals surface area contributed by atoms with Gasteiger partial charge in [0.25, 0.3) is 0 Å². The number of carbonyl (C=O) groups is 1. The standard InChI is InChI=1S/C20H14BrClN2O4S/c21-13-6-5-10-12(16(13)22)9-29-15-4-2-1-3-11(15)17(10)23-24-8-7-14(25)19(26)18(24)20(27)28/h1-8,17,23,26H,9H2,(H,27,28). The number of nitrogens with zero attached hydrogens (tertiary/aromatic N) is 1. The van der Waals surface area contributed by atoms with Gasteiger partial charge in [-0.3, -0.25) is 9.47 Å². The monoisotopic (exact) mass is 492 g/mol. The molecule has 3 N–H and O–H groups in total. The Labute approximate surface area is 183 Å². The summed E-state index contributed by atoms with van der Waals surface area (Å²) in [6.07, 6.45) is 1.30. The van der Waals surface area contributed by atoms with Gasteiger partial charge in [-0.05, 0) is 44.8 Å². The second kappa shape index (κ2) is 7.78. The van der Waals surface area contributed by atoms with E-state index in [2.05, 4.69) is 21.4 Å². The minimum atomic E-state index is -1.42. The maximum atomic E-state index is 11.7. The number of aromatic carboxylic acids is 1. The van der Waals surface area contributed by atoms with Crippen LogP contribution in [0.25, 0.3) is 0 Å². The Morgan fingerprint density at radius 3 is 2.72 bits per heavy atom. The number of aromatic nitrogens is 1. The SMILES string of the molecule is O=C(O)c1c(O)c(=O)ccn1NC1c2ccccc2SCc2c1ccc(Br)c2Cl. The molecular formula is C20H14BrClN2O4S. The van der Waals surface area contributed by atoms with E-state index in [-0.39, 0.29) is 0 Å². The van der Waals surface area contributed by atoms with Crippen molar-refractivity contribution in [2.24, 2.45) is 0 Å². The molecule has 4 rings (SSSR count). The first-order valence-electron chi connectivity index (χ1n) is 8.51. The number of rotatable bonds is 3. The van der Waals surface area contributed by atoms with Crippen LogP contribution >= 0.6 is 39.3 Å². The quantitative estimate of drug-likeness (QED) is 0.494. The van der Waals surface area contributed by atoms with E-state index in [0.29, 0.717) is 10.8 Å². The van der Waals surface area contributed by atoms with Gasteiger partial charge in [0.2, 0.25) is 5.43 Å². The molecule has 29 heavy (non-hydrogen) atoms. The Kier molecular flexibility index (Phi) is 5.33. The average molecular weight is 494 g/mol. The van der Waals surface area contributed by atoms with Crippen molar-refractivity contribution in [2.45, 2.75) is 16.7 Å². The number of aromatic hydroxyl groups is 1. The molecule has 6 nitrogen and oxygen atoms in total. The van der Waals surface area contributed by atoms with Crippen LogP contribution < -0.4 is 10.9 Å². The summed E-state index contributed by atoms with van der Waals surface area (Å²) in [5, 5.41) is 20.1. The molecule has 1 unspecified atom stereocenters. The average Bonchev–Trinajstić information content (AvgIpc) is 2.85. The fraction of sp³-hybridized carbons (Fsp3) is 0.100. The maximum absolute atomic E-state index is 11.7. The van der Waals surface area contributed by atoms with Crippen molar-refractivity contribution in [3.8, 4) is 5.75 Å². The summed E-state index contributed by atoms with van der Waals surface area (Å²) in [5.41, 5.74) is 4.59. The molecule has 2 heterocycles. The van der Waals surface area contributed by atoms with E-state index in [1.807, 2.05) is 36.4 Å². The van der Waals surface area contributed by atoms with E-state index in [0.717, 1.165) is 36.8 Å². The summed E-state index contributed by atoms with van der Waals surface area (Å²) in [6.45, 7) is 0. The maximum Gasteiger partial charge on any atom is 0.358 e. The number of halogens is 2. The molecule has 1 aromatic heterocycles. The Morgan fingerprint density at radius 1 is 1.21 bits per heavy atom. The van der Waals surface area contributed by atoms with Crippen LogP contribution in [0.4, 0.5) is 0 Å². The third-order valence-electron chi connectivity index (χ3n) is 4.69. The third kappa shape index (κ3) is 3.52. The Hall–Kier alpha value is -2.42. The minimum absolute atomic E-state index is 0.457. The summed E-state index contributed by atoms with van der Waals surface area (Å²) in [6, 6.07) is 12.2. The van der Waals surface area contributed by atoms with E-state index in [9.17, 15) is 19.8 Å². The van der Waals surface area contributed by atoms with E-state index in [1.54, 1.807) is 11.8 Å². The molecular weight excluding hydrogens is 480 g/mol. The molecule has 1 aliphatic heterocycles. The van der Waals surface area contributed by atoms with Gasteiger partial charge in [0, 0.05) is 27.4 Å². The number of benzene rings is 2. The first kappa shape index (κ1) is 19.9. The van der Waals surface area contributed by atoms with Gasteiger partial charge >= 0.3 is 5.97 Å². The van der Waals surface area contributed by atoms with Gasteiger partial charge in [-0.1, -0.05) is 35.9 Å². The fourth-order valence-corrected chi connectivity index (χ4v) is 5.14. The van der Waals surface area contributed by atoms with Crippen LogP contribution in [0, 0.1) is 0 Å². The summed E-state index contributed by atoms with van der Waals surface area (Å²) in [7, 11) is 0. The molecule has 0 saturated heterocycles. The van der Waals surface area contributed by atoms with Gasteiger partial charge in [-0.2, -0.15) is 0 Å². The lowest BCUT2D eigenvalue weighted by Gasteiger charge is -2.25. The van der Waals surface area contributed by atoms with Crippen molar-refractivity contribution in [1.82, 2.24) is 4.68 Å². The second-order valence-corrected chi connectivity index (χ2v) is 8.62. The lowest BCUT2D eigenvalue weighted by molar-refractivity contribution is 0.0681. The number of hydrogen-bond donors (Lipinski definition) is 3. The van der Waals surface area contributed by atoms with Crippen LogP contribution in [0.15, 0.2) is 62.8 Å². The van der Waals surface area contributed by atoms with Gasteiger partial charge in [0.05, 0.1) is 11.1 Å². The number of hydrogen-bond acceptors (Lipinski definition) is 5. The molecule has 0 fully saturated rings. The van der Waals surface area contributed by atoms with E-state index >= 15 is 0 Å². The number of fused-ring (bicyclic) bond motifs is 2. The molecule has 1 atom stereocenters. The lowest BCUT2D eigenvalue weighted by Crippen LogP contribution is -2.28. The molecule has 2 aromatic carbocycles. The number of carboxylic acid groups (broad SMARTS) is 1. The van der Waals surface area contributed by atoms with Crippen molar-refractivity contribution in [2.75, 3.05) is 5.43 Å². The highest BCUT2D eigenvalue weighted by Crippen LogP contribution is 2.43. The second-order valence-electron chi connectivity index (χ2n) is 6.37. The molecule has 148 valence electrons. The summed E-state index contributed by atoms with van der Waals surface area (Å²) in [4.78, 5) is 24.5. The number of pyridine rings is 1. The van der Waals surface area contributed by atoms with Crippen molar-refractivity contribution in [3.63, 3.8) is 0 Å². The predicted octanol–water partition coefficient (Wildman–Crippen LogP) is 4.61. The fourth-order valence-electron chi connectivity index (χ4n) is 3.31. The predicted molar refractivity (Wildman–Crippen MR) is 116 cm³/mol. The van der Waals surface area contributed by atoms with Gasteiger partial charge in [0.1, 0.15) is 0 Å². The highest BCUT2D eigenvalue weighted by atomic mass is 79.9. The Balaban J connectivity index is 1.93. The zero-order chi connectivity index (χ0) is 20.7. The number of thioether (sulfide) groups is 1. The molecule has 0 radical (unpaired) electrons. The molecule has 0 aliphatic carbocycles. The molecule has 9 heteroatoms. The highest BCUT2D eigenvalue weighted by Gasteiger charge is 2.28. The van der Waals surface area contributed by atoms with Gasteiger partial charge < -0.3 is 15.6 Å². The summed E-state index contributed by atoms with van der Waals surface area (Å²) < 4.78 is 1.94. The highest BCUT2D eigenvalue weighted by molar-refractivity contribution is 9.10. The van der Waals surface area contributed by atoms with Crippen molar-refractivity contribution < 1.29 is 15.0 Å². The van der Waals surface area contributed by atoms with Gasteiger partial charge in [-0.15, -0.1) is 11.8 Å². The number of carboxylic acids is 1. The Bertz CT molecular complexity index is 1200. The summed E-state index contributed by atoms with van der Waals surface area (Å²) in [5.74, 6) is -1.60. The van der Waals surface area contributed by atoms with E-state index in [1.165, 1.54) is 6.20 Å². The van der Waals surface area contributed by atoms with Gasteiger partial charge in [0.15, 0.2) is 11.4 Å². The van der Waals surface area contributed by atoms with Crippen molar-refractivity contribution in [1.29, 1.82) is 0 Å². The first-order chi connectivity index (χ1) is 13.9. The van der Waals surface area contributed by atoms with Gasteiger partial charge in [-0.25, -0.2) is 4.79 Å². The molecule has 0 amide bonds. The lowest BCUT2D eigenvalue weighted by atomic mass is 9.95. The zero-order valence-corrected chi connectivity index (χ0v) is 17.9. The van der Waals surface area contributed by atoms with E-state index in [4.69, 9.17) is 11.6 Å². The smallest absolute Gasteiger partial charge is 0.358 e. The first-order valence-corrected chi connectivity index (χ1v) is 10.7. The van der Waals surface area contributed by atoms with Crippen LogP contribution in [0.2, 0.25) is 5.02 Å². The Morgan fingerprint density at radius 2 is 1.97 bits per heavy atom. The van der Waals surface area contributed by atoms with Crippen molar-refractivity contribution in [3.05, 3.63) is 90.8 Å². The molecule has 0 spiro atoms. The van der Waals surface area contributed by atoms with Crippen LogP contribution in [-0.2, 0) is 5.75 Å². The van der Waals surface area contributed by atoms with Crippen LogP contribution in [0.3, 0.4) is 0 Å². The zero-order valence-electron chi connectivity index (χ0n) is 14.7. The molecule has 3 aromatic rings. The minimum Gasteiger partial charge on any atom is -0.502 e. The third-order valence-corrected chi connectivity index (χ3v) is 7.13. The van der Waals surface area contributed by atoms with Crippen LogP contribution in [-0.4, -0.2) is 20.9 Å². The van der Waals surface area contributed by atoms with E-state index < -0.39 is 28.9 Å². The van der Waals surface area contributed by atoms with Crippen LogP contribution in [0.5, 0.6) is 5.75 Å². The normalized spacial score (nSPS) is 15.2. The van der Waals surface area contributed by atoms with Crippen molar-refractivity contribution >= 4 is 45.3 Å².